The van der Waals surface area contributed by atoms with Gasteiger partial charge in [-0.05, 0) is 69.2 Å². The van der Waals surface area contributed by atoms with E-state index in [-0.39, 0.29) is 29.2 Å². The second kappa shape index (κ2) is 10.3. The quantitative estimate of drug-likeness (QED) is 0.479. The van der Waals surface area contributed by atoms with Crippen molar-refractivity contribution >= 4 is 15.9 Å². The van der Waals surface area contributed by atoms with E-state index in [1.807, 2.05) is 29.6 Å². The molecule has 202 valence electrons. The predicted octanol–water partition coefficient (Wildman–Crippen LogP) is 3.76. The highest BCUT2D eigenvalue weighted by atomic mass is 32.2. The van der Waals surface area contributed by atoms with Crippen molar-refractivity contribution in [3.05, 3.63) is 72.2 Å². The molecular weight excluding hydrogens is 500 g/mol. The van der Waals surface area contributed by atoms with Gasteiger partial charge in [0, 0.05) is 24.2 Å². The second-order valence-corrected chi connectivity index (χ2v) is 13.2. The van der Waals surface area contributed by atoms with Crippen LogP contribution in [0.5, 0.6) is 0 Å². The number of hydrogen-bond acceptors (Lipinski definition) is 5. The molecule has 0 saturated carbocycles. The summed E-state index contributed by atoms with van der Waals surface area (Å²) in [5.74, 6) is 0.160. The Morgan fingerprint density at radius 2 is 1.79 bits per heavy atom. The van der Waals surface area contributed by atoms with Gasteiger partial charge >= 0.3 is 0 Å². The fraction of sp³-hybridized carbons (Fsp3) is 0.448. The number of fused-ring (bicyclic) bond motifs is 3. The highest BCUT2D eigenvalue weighted by Crippen LogP contribution is 2.42. The average molecular weight is 537 g/mol. The Balaban J connectivity index is 1.14. The Morgan fingerprint density at radius 3 is 2.47 bits per heavy atom. The molecular formula is C29H36N4O4S. The van der Waals surface area contributed by atoms with E-state index < -0.39 is 21.7 Å². The molecule has 2 unspecified atom stereocenters. The second-order valence-electron chi connectivity index (χ2n) is 11.5. The van der Waals surface area contributed by atoms with Gasteiger partial charge in [0.25, 0.3) is 0 Å². The molecule has 3 aromatic rings. The van der Waals surface area contributed by atoms with Crippen molar-refractivity contribution < 1.29 is 18.3 Å². The smallest absolute Gasteiger partial charge is 0.241 e. The number of likely N-dealkylation sites (tertiary alicyclic amines) is 1. The highest BCUT2D eigenvalue weighted by molar-refractivity contribution is 7.89. The van der Waals surface area contributed by atoms with Gasteiger partial charge in [-0.15, -0.1) is 0 Å². The van der Waals surface area contributed by atoms with Gasteiger partial charge < -0.3 is 14.6 Å². The fourth-order valence-electron chi connectivity index (χ4n) is 5.66. The van der Waals surface area contributed by atoms with Gasteiger partial charge in [-0.2, -0.15) is 0 Å². The topological polar surface area (TPSA) is 105 Å². The van der Waals surface area contributed by atoms with Gasteiger partial charge in [-0.25, -0.2) is 18.1 Å². The van der Waals surface area contributed by atoms with Crippen LogP contribution in [-0.4, -0.2) is 58.6 Å². The van der Waals surface area contributed by atoms with Crippen LogP contribution in [0.2, 0.25) is 0 Å². The maximum absolute atomic E-state index is 13.0. The highest BCUT2D eigenvalue weighted by Gasteiger charge is 2.34. The third-order valence-corrected chi connectivity index (χ3v) is 9.30. The van der Waals surface area contributed by atoms with E-state index >= 15 is 0 Å². The minimum absolute atomic E-state index is 0.0224. The largest absolute Gasteiger partial charge is 0.393 e. The van der Waals surface area contributed by atoms with E-state index in [4.69, 9.17) is 0 Å². The summed E-state index contributed by atoms with van der Waals surface area (Å²) >= 11 is 0. The number of sulfonamides is 1. The molecule has 0 spiro atoms. The van der Waals surface area contributed by atoms with Gasteiger partial charge in [0.05, 0.1) is 41.7 Å². The van der Waals surface area contributed by atoms with Crippen LogP contribution < -0.4 is 4.72 Å². The van der Waals surface area contributed by atoms with Crippen LogP contribution in [-0.2, 0) is 21.2 Å². The molecule has 38 heavy (non-hydrogen) atoms. The molecule has 0 bridgehead atoms. The first-order valence-corrected chi connectivity index (χ1v) is 14.7. The van der Waals surface area contributed by atoms with Gasteiger partial charge in [0.15, 0.2) is 0 Å². The molecule has 2 N–H and O–H groups in total. The third kappa shape index (κ3) is 5.55. The van der Waals surface area contributed by atoms with Crippen molar-refractivity contribution in [2.45, 2.75) is 69.0 Å². The molecule has 0 radical (unpaired) electrons. The molecule has 1 fully saturated rings. The third-order valence-electron chi connectivity index (χ3n) is 7.53. The van der Waals surface area contributed by atoms with Gasteiger partial charge in [0.1, 0.15) is 0 Å². The van der Waals surface area contributed by atoms with E-state index in [2.05, 4.69) is 26.4 Å². The van der Waals surface area contributed by atoms with E-state index in [9.17, 15) is 18.3 Å². The van der Waals surface area contributed by atoms with Crippen LogP contribution in [0.3, 0.4) is 0 Å². The molecule has 2 aliphatic heterocycles. The number of rotatable bonds is 7. The molecule has 2 aliphatic rings. The molecule has 1 aromatic heterocycles. The predicted molar refractivity (Wildman–Crippen MR) is 146 cm³/mol. The number of nitrogens with one attached hydrogen (secondary N) is 1. The SMILES string of the molecule is CC(C)(C)NS(=O)(=O)c1ccc(CC(=O)N2CCC(C(O)CC3c4ccccc4-c4cncn43)CC2)cc1. The molecule has 1 saturated heterocycles. The van der Waals surface area contributed by atoms with E-state index in [0.29, 0.717) is 19.5 Å². The Kier molecular flexibility index (Phi) is 7.19. The molecule has 3 heterocycles. The summed E-state index contributed by atoms with van der Waals surface area (Å²) in [6.07, 6.45) is 5.62. The minimum atomic E-state index is -3.61. The molecule has 5 rings (SSSR count). The molecule has 8 nitrogen and oxygen atoms in total. The number of aliphatic hydroxyl groups is 1. The summed E-state index contributed by atoms with van der Waals surface area (Å²) in [7, 11) is -3.61. The first-order chi connectivity index (χ1) is 18.0. The molecule has 1 amide bonds. The zero-order valence-electron chi connectivity index (χ0n) is 22.2. The normalized spacial score (nSPS) is 18.7. The lowest BCUT2D eigenvalue weighted by Gasteiger charge is -2.35. The average Bonchev–Trinajstić information content (AvgIpc) is 3.45. The van der Waals surface area contributed by atoms with Crippen LogP contribution in [0, 0.1) is 5.92 Å². The van der Waals surface area contributed by atoms with E-state index in [1.54, 1.807) is 45.0 Å². The Hall–Kier alpha value is -3.01. The Bertz CT molecular complexity index is 1400. The summed E-state index contributed by atoms with van der Waals surface area (Å²) in [6, 6.07) is 14.9. The maximum Gasteiger partial charge on any atom is 0.241 e. The number of piperidine rings is 1. The van der Waals surface area contributed by atoms with E-state index in [1.165, 1.54) is 11.1 Å². The lowest BCUT2D eigenvalue weighted by atomic mass is 9.86. The van der Waals surface area contributed by atoms with Gasteiger partial charge in [0.2, 0.25) is 15.9 Å². The zero-order valence-corrected chi connectivity index (χ0v) is 23.0. The standard InChI is InChI=1S/C29H36N4O4S/c1-29(2,3)31-38(36,37)22-10-8-20(9-11-22)16-28(35)32-14-12-21(13-15-32)27(34)17-25-23-6-4-5-7-24(23)26-18-30-19-33(25)26/h4-11,18-19,21,25,27,31,34H,12-17H2,1-3H3. The number of benzene rings is 2. The summed E-state index contributed by atoms with van der Waals surface area (Å²) in [5.41, 5.74) is 3.71. The molecule has 2 aromatic carbocycles. The zero-order chi connectivity index (χ0) is 27.1. The number of aromatic nitrogens is 2. The van der Waals surface area contributed by atoms with Crippen LogP contribution in [0.15, 0.2) is 66.0 Å². The van der Waals surface area contributed by atoms with Crippen molar-refractivity contribution in [2.24, 2.45) is 5.92 Å². The van der Waals surface area contributed by atoms with Crippen LogP contribution in [0.25, 0.3) is 11.3 Å². The number of nitrogens with zero attached hydrogens (tertiary/aromatic N) is 3. The summed E-state index contributed by atoms with van der Waals surface area (Å²) < 4.78 is 29.8. The van der Waals surface area contributed by atoms with Crippen molar-refractivity contribution in [1.29, 1.82) is 0 Å². The summed E-state index contributed by atoms with van der Waals surface area (Å²) in [4.78, 5) is 19.3. The van der Waals surface area contributed by atoms with E-state index in [0.717, 1.165) is 24.1 Å². The molecule has 0 aliphatic carbocycles. The lowest BCUT2D eigenvalue weighted by Crippen LogP contribution is -2.42. The monoisotopic (exact) mass is 536 g/mol. The first-order valence-electron chi connectivity index (χ1n) is 13.2. The number of aliphatic hydroxyl groups excluding tert-OH is 1. The number of carbonyl (C=O) groups is 1. The summed E-state index contributed by atoms with van der Waals surface area (Å²) in [5, 5.41) is 11.2. The van der Waals surface area contributed by atoms with Crippen molar-refractivity contribution in [2.75, 3.05) is 13.1 Å². The van der Waals surface area contributed by atoms with Crippen LogP contribution >= 0.6 is 0 Å². The lowest BCUT2D eigenvalue weighted by molar-refractivity contribution is -0.132. The number of carbonyl (C=O) groups excluding carboxylic acids is 1. The minimum Gasteiger partial charge on any atom is -0.393 e. The van der Waals surface area contributed by atoms with Crippen molar-refractivity contribution in [3.8, 4) is 11.3 Å². The number of imidazole rings is 1. The maximum atomic E-state index is 13.0. The summed E-state index contributed by atoms with van der Waals surface area (Å²) in [6.45, 7) is 6.61. The van der Waals surface area contributed by atoms with Crippen LogP contribution in [0.1, 0.15) is 57.2 Å². The number of amides is 1. The van der Waals surface area contributed by atoms with Crippen LogP contribution in [0.4, 0.5) is 0 Å². The Morgan fingerprint density at radius 1 is 1.11 bits per heavy atom. The molecule has 2 atom stereocenters. The molecule has 9 heteroatoms. The van der Waals surface area contributed by atoms with Crippen molar-refractivity contribution in [1.82, 2.24) is 19.2 Å². The fourth-order valence-corrected chi connectivity index (χ4v) is 7.08. The first kappa shape index (κ1) is 26.6. The number of hydrogen-bond donors (Lipinski definition) is 2. The Labute approximate surface area is 224 Å². The van der Waals surface area contributed by atoms with Gasteiger partial charge in [-0.3, -0.25) is 4.79 Å². The van der Waals surface area contributed by atoms with Gasteiger partial charge in [-0.1, -0.05) is 36.4 Å². The van der Waals surface area contributed by atoms with Crippen molar-refractivity contribution in [3.63, 3.8) is 0 Å².